The number of morpholine rings is 1. The van der Waals surface area contributed by atoms with Gasteiger partial charge in [0, 0.05) is 31.7 Å². The molecule has 2 aromatic carbocycles. The molecule has 0 aliphatic carbocycles. The maximum Gasteiger partial charge on any atom is 0.255 e. The fourth-order valence-electron chi connectivity index (χ4n) is 4.09. The Morgan fingerprint density at radius 3 is 2.22 bits per heavy atom. The molecule has 0 radical (unpaired) electrons. The molecule has 172 valence electrons. The maximum absolute atomic E-state index is 13.3. The van der Waals surface area contributed by atoms with E-state index in [0.717, 1.165) is 44.5 Å². The van der Waals surface area contributed by atoms with E-state index in [1.54, 1.807) is 12.1 Å². The van der Waals surface area contributed by atoms with Gasteiger partial charge in [-0.3, -0.25) is 4.79 Å². The summed E-state index contributed by atoms with van der Waals surface area (Å²) in [6.45, 7) is 3.00. The Labute approximate surface area is 188 Å². The lowest BCUT2D eigenvalue weighted by Gasteiger charge is -2.28. The van der Waals surface area contributed by atoms with Gasteiger partial charge in [0.15, 0.2) is 0 Å². The highest BCUT2D eigenvalue weighted by Gasteiger charge is 2.28. The van der Waals surface area contributed by atoms with Gasteiger partial charge in [0.25, 0.3) is 5.91 Å². The number of carbonyl (C=O) groups is 1. The molecule has 9 heteroatoms. The smallest absolute Gasteiger partial charge is 0.255 e. The molecule has 2 aliphatic heterocycles. The molecule has 7 nitrogen and oxygen atoms in total. The summed E-state index contributed by atoms with van der Waals surface area (Å²) in [4.78, 5) is 15.2. The number of sulfonamides is 1. The molecule has 0 saturated carbocycles. The Bertz CT molecular complexity index is 1050. The largest absolute Gasteiger partial charge is 0.379 e. The molecule has 0 bridgehead atoms. The van der Waals surface area contributed by atoms with E-state index in [1.165, 1.54) is 34.6 Å². The number of hydrogen-bond acceptors (Lipinski definition) is 5. The van der Waals surface area contributed by atoms with Gasteiger partial charge in [0.1, 0.15) is 5.82 Å². The van der Waals surface area contributed by atoms with Gasteiger partial charge in [0.05, 0.1) is 29.5 Å². The molecule has 4 rings (SSSR count). The third-order valence-electron chi connectivity index (χ3n) is 5.88. The number of hydrogen-bond donors (Lipinski definition) is 1. The van der Waals surface area contributed by atoms with Gasteiger partial charge in [0.2, 0.25) is 10.0 Å². The predicted octanol–water partition coefficient (Wildman–Crippen LogP) is 3.48. The van der Waals surface area contributed by atoms with Crippen LogP contribution in [0, 0.1) is 5.82 Å². The van der Waals surface area contributed by atoms with Crippen molar-refractivity contribution >= 4 is 27.3 Å². The van der Waals surface area contributed by atoms with Crippen LogP contribution in [0.5, 0.6) is 0 Å². The van der Waals surface area contributed by atoms with E-state index in [2.05, 4.69) is 10.2 Å². The minimum Gasteiger partial charge on any atom is -0.379 e. The first-order chi connectivity index (χ1) is 15.4. The highest BCUT2D eigenvalue weighted by Crippen LogP contribution is 2.32. The van der Waals surface area contributed by atoms with Crippen molar-refractivity contribution in [2.45, 2.75) is 30.6 Å². The number of halogens is 1. The molecular formula is C23H28FN3O4S. The molecule has 0 spiro atoms. The second kappa shape index (κ2) is 9.97. The van der Waals surface area contributed by atoms with Crippen LogP contribution in [-0.2, 0) is 14.8 Å². The number of anilines is 2. The zero-order chi connectivity index (χ0) is 22.6. The van der Waals surface area contributed by atoms with E-state index in [-0.39, 0.29) is 4.90 Å². The Balaban J connectivity index is 1.68. The van der Waals surface area contributed by atoms with Gasteiger partial charge in [-0.05, 0) is 55.3 Å². The highest BCUT2D eigenvalue weighted by molar-refractivity contribution is 7.89. The number of benzene rings is 2. The second-order valence-corrected chi connectivity index (χ2v) is 10.00. The number of amides is 1. The maximum atomic E-state index is 13.3. The van der Waals surface area contributed by atoms with Crippen LogP contribution in [-0.4, -0.2) is 58.0 Å². The minimum atomic E-state index is -3.71. The quantitative estimate of drug-likeness (QED) is 0.738. The SMILES string of the molecule is O=C(Nc1cc(S(=O)(=O)N2CCOCC2)ccc1N1CCCCCC1)c1ccc(F)cc1. The Kier molecular flexibility index (Phi) is 7.07. The molecular weight excluding hydrogens is 433 g/mol. The second-order valence-electron chi connectivity index (χ2n) is 8.06. The average molecular weight is 462 g/mol. The summed E-state index contributed by atoms with van der Waals surface area (Å²) in [7, 11) is -3.71. The Morgan fingerprint density at radius 1 is 0.906 bits per heavy atom. The lowest BCUT2D eigenvalue weighted by atomic mass is 10.2. The predicted molar refractivity (Wildman–Crippen MR) is 121 cm³/mol. The third kappa shape index (κ3) is 5.11. The first kappa shape index (κ1) is 22.7. The van der Waals surface area contributed by atoms with E-state index >= 15 is 0 Å². The van der Waals surface area contributed by atoms with Crippen molar-refractivity contribution < 1.29 is 22.3 Å². The normalized spacial score (nSPS) is 18.2. The molecule has 2 heterocycles. The van der Waals surface area contributed by atoms with Gasteiger partial charge in [-0.1, -0.05) is 12.8 Å². The summed E-state index contributed by atoms with van der Waals surface area (Å²) < 4.78 is 46.3. The fraction of sp³-hybridized carbons (Fsp3) is 0.435. The molecule has 32 heavy (non-hydrogen) atoms. The molecule has 2 aromatic rings. The summed E-state index contributed by atoms with van der Waals surface area (Å²) in [5, 5.41) is 2.87. The molecule has 2 fully saturated rings. The Morgan fingerprint density at radius 2 is 1.56 bits per heavy atom. The topological polar surface area (TPSA) is 79.0 Å². The number of rotatable bonds is 5. The van der Waals surface area contributed by atoms with Crippen molar-refractivity contribution in [1.29, 1.82) is 0 Å². The fourth-order valence-corrected chi connectivity index (χ4v) is 5.53. The molecule has 2 saturated heterocycles. The van der Waals surface area contributed by atoms with Crippen LogP contribution < -0.4 is 10.2 Å². The molecule has 1 amide bonds. The van der Waals surface area contributed by atoms with Crippen molar-refractivity contribution in [3.8, 4) is 0 Å². The van der Waals surface area contributed by atoms with Crippen LogP contribution in [0.1, 0.15) is 36.0 Å². The minimum absolute atomic E-state index is 0.132. The molecule has 0 atom stereocenters. The van der Waals surface area contributed by atoms with Gasteiger partial charge < -0.3 is 15.0 Å². The van der Waals surface area contributed by atoms with Crippen LogP contribution in [0.2, 0.25) is 0 Å². The van der Waals surface area contributed by atoms with Gasteiger partial charge >= 0.3 is 0 Å². The van der Waals surface area contributed by atoms with E-state index in [9.17, 15) is 17.6 Å². The zero-order valence-corrected chi connectivity index (χ0v) is 18.7. The van der Waals surface area contributed by atoms with Crippen LogP contribution in [0.4, 0.5) is 15.8 Å². The van der Waals surface area contributed by atoms with Crippen molar-refractivity contribution in [1.82, 2.24) is 4.31 Å². The van der Waals surface area contributed by atoms with Crippen molar-refractivity contribution in [2.75, 3.05) is 49.6 Å². The van der Waals surface area contributed by atoms with Crippen molar-refractivity contribution in [3.05, 3.63) is 53.8 Å². The highest BCUT2D eigenvalue weighted by atomic mass is 32.2. The van der Waals surface area contributed by atoms with E-state index in [4.69, 9.17) is 4.74 Å². The molecule has 0 aromatic heterocycles. The van der Waals surface area contributed by atoms with Crippen LogP contribution in [0.3, 0.4) is 0 Å². The molecule has 0 unspecified atom stereocenters. The van der Waals surface area contributed by atoms with Gasteiger partial charge in [-0.25, -0.2) is 12.8 Å². The van der Waals surface area contributed by atoms with Crippen LogP contribution in [0.25, 0.3) is 0 Å². The van der Waals surface area contributed by atoms with Crippen LogP contribution in [0.15, 0.2) is 47.4 Å². The zero-order valence-electron chi connectivity index (χ0n) is 17.9. The first-order valence-corrected chi connectivity index (χ1v) is 12.4. The summed E-state index contributed by atoms with van der Waals surface area (Å²) in [6, 6.07) is 10.2. The first-order valence-electron chi connectivity index (χ1n) is 11.0. The van der Waals surface area contributed by atoms with Crippen LogP contribution >= 0.6 is 0 Å². The summed E-state index contributed by atoms with van der Waals surface area (Å²) in [5.74, 6) is -0.840. The monoisotopic (exact) mass is 461 g/mol. The molecule has 2 aliphatic rings. The summed E-state index contributed by atoms with van der Waals surface area (Å²) in [5.41, 5.74) is 1.54. The van der Waals surface area contributed by atoms with Gasteiger partial charge in [-0.15, -0.1) is 0 Å². The lowest BCUT2D eigenvalue weighted by Crippen LogP contribution is -2.40. The number of carbonyl (C=O) groups excluding carboxylic acids is 1. The number of nitrogens with one attached hydrogen (secondary N) is 1. The van der Waals surface area contributed by atoms with E-state index < -0.39 is 21.7 Å². The summed E-state index contributed by atoms with van der Waals surface area (Å²) >= 11 is 0. The number of ether oxygens (including phenoxy) is 1. The van der Waals surface area contributed by atoms with E-state index in [1.807, 2.05) is 0 Å². The van der Waals surface area contributed by atoms with Crippen molar-refractivity contribution in [2.24, 2.45) is 0 Å². The standard InChI is InChI=1S/C23H28FN3O4S/c24-19-7-5-18(6-8-19)23(28)25-21-17-20(32(29,30)27-13-15-31-16-14-27)9-10-22(21)26-11-3-1-2-4-12-26/h5-10,17H,1-4,11-16H2,(H,25,28). The van der Waals surface area contributed by atoms with Crippen molar-refractivity contribution in [3.63, 3.8) is 0 Å². The van der Waals surface area contributed by atoms with Gasteiger partial charge in [-0.2, -0.15) is 4.31 Å². The third-order valence-corrected chi connectivity index (χ3v) is 7.77. The summed E-state index contributed by atoms with van der Waals surface area (Å²) in [6.07, 6.45) is 4.38. The lowest BCUT2D eigenvalue weighted by molar-refractivity contribution is 0.0730. The molecule has 1 N–H and O–H groups in total. The average Bonchev–Trinajstić information content (AvgIpc) is 3.09. The Hall–Kier alpha value is -2.49. The van der Waals surface area contributed by atoms with E-state index in [0.29, 0.717) is 37.6 Å². The number of nitrogens with zero attached hydrogens (tertiary/aromatic N) is 2.